The number of methoxy groups -OCH3 is 1. The summed E-state index contributed by atoms with van der Waals surface area (Å²) in [5, 5.41) is 8.29. The molecule has 4 rings (SSSR count). The number of ether oxygens (including phenoxy) is 1. The lowest BCUT2D eigenvalue weighted by atomic mass is 10.1. The molecule has 0 radical (unpaired) electrons. The van der Waals surface area contributed by atoms with Crippen LogP contribution in [-0.4, -0.2) is 28.4 Å². The van der Waals surface area contributed by atoms with Crippen LogP contribution in [0.25, 0.3) is 5.69 Å². The van der Waals surface area contributed by atoms with Crippen LogP contribution >= 0.6 is 0 Å². The minimum Gasteiger partial charge on any atom is -0.494 e. The number of nitrogens with one attached hydrogen (secondary N) is 1. The maximum Gasteiger partial charge on any atom is 0.144 e. The Hall–Kier alpha value is -2.82. The first-order valence-corrected chi connectivity index (χ1v) is 7.75. The van der Waals surface area contributed by atoms with Crippen molar-refractivity contribution in [1.82, 2.24) is 14.8 Å². The highest BCUT2D eigenvalue weighted by Crippen LogP contribution is 2.32. The zero-order valence-corrected chi connectivity index (χ0v) is 13.0. The summed E-state index contributed by atoms with van der Waals surface area (Å²) < 4.78 is 7.44. The molecule has 0 saturated heterocycles. The molecule has 0 bridgehead atoms. The molecule has 5 heteroatoms. The van der Waals surface area contributed by atoms with Crippen molar-refractivity contribution in [2.45, 2.75) is 12.8 Å². The van der Waals surface area contributed by atoms with Gasteiger partial charge in [-0.05, 0) is 30.7 Å². The molecule has 23 heavy (non-hydrogen) atoms. The molecular formula is C18H18N4O. The van der Waals surface area contributed by atoms with E-state index in [0.717, 1.165) is 48.0 Å². The van der Waals surface area contributed by atoms with Gasteiger partial charge in [0, 0.05) is 30.4 Å². The lowest BCUT2D eigenvalue weighted by Gasteiger charge is -2.10. The van der Waals surface area contributed by atoms with Crippen LogP contribution in [0.5, 0.6) is 5.75 Å². The van der Waals surface area contributed by atoms with Gasteiger partial charge in [0.2, 0.25) is 0 Å². The normalized spacial score (nSPS) is 12.7. The molecule has 1 aliphatic heterocycles. The maximum absolute atomic E-state index is 5.49. The quantitative estimate of drug-likeness (QED) is 0.805. The van der Waals surface area contributed by atoms with Crippen LogP contribution in [0.3, 0.4) is 0 Å². The lowest BCUT2D eigenvalue weighted by Crippen LogP contribution is -2.06. The predicted molar refractivity (Wildman–Crippen MR) is 89.4 cm³/mol. The van der Waals surface area contributed by atoms with E-state index in [2.05, 4.69) is 10.3 Å². The van der Waals surface area contributed by atoms with Gasteiger partial charge >= 0.3 is 0 Å². The monoisotopic (exact) mass is 306 g/mol. The summed E-state index contributed by atoms with van der Waals surface area (Å²) in [5.74, 6) is 1.89. The topological polar surface area (TPSA) is 52.0 Å². The number of anilines is 1. The number of benzene rings is 1. The van der Waals surface area contributed by atoms with Crippen LogP contribution in [0.4, 0.5) is 5.82 Å². The van der Waals surface area contributed by atoms with Gasteiger partial charge in [0.15, 0.2) is 0 Å². The van der Waals surface area contributed by atoms with Gasteiger partial charge in [-0.1, -0.05) is 18.2 Å². The van der Waals surface area contributed by atoms with Crippen LogP contribution in [0, 0.1) is 0 Å². The van der Waals surface area contributed by atoms with Crippen molar-refractivity contribution in [2.24, 2.45) is 0 Å². The third-order valence-corrected chi connectivity index (χ3v) is 4.12. The Balaban J connectivity index is 1.79. The number of fused-ring (bicyclic) bond motifs is 1. The van der Waals surface area contributed by atoms with Gasteiger partial charge in [0.1, 0.15) is 17.3 Å². The highest BCUT2D eigenvalue weighted by molar-refractivity contribution is 5.60. The minimum absolute atomic E-state index is 0.743. The van der Waals surface area contributed by atoms with E-state index in [0.29, 0.717) is 0 Å². The van der Waals surface area contributed by atoms with E-state index < -0.39 is 0 Å². The van der Waals surface area contributed by atoms with E-state index >= 15 is 0 Å². The largest absolute Gasteiger partial charge is 0.494 e. The molecule has 3 aromatic rings. The number of nitrogens with zero attached hydrogens (tertiary/aromatic N) is 3. The highest BCUT2D eigenvalue weighted by atomic mass is 16.5. The Morgan fingerprint density at radius 3 is 2.87 bits per heavy atom. The number of para-hydroxylation sites is 2. The molecule has 5 nitrogen and oxygen atoms in total. The summed E-state index contributed by atoms with van der Waals surface area (Å²) >= 11 is 0. The fourth-order valence-corrected chi connectivity index (χ4v) is 3.04. The third kappa shape index (κ3) is 2.44. The first kappa shape index (κ1) is 13.8. The predicted octanol–water partition coefficient (Wildman–Crippen LogP) is 2.83. The Bertz CT molecular complexity index is 826. The second kappa shape index (κ2) is 5.76. The Kier molecular flexibility index (Phi) is 3.46. The third-order valence-electron chi connectivity index (χ3n) is 4.12. The van der Waals surface area contributed by atoms with Crippen molar-refractivity contribution in [2.75, 3.05) is 19.0 Å². The number of rotatable bonds is 4. The fraction of sp³-hybridized carbons (Fsp3) is 0.222. The fourth-order valence-electron chi connectivity index (χ4n) is 3.04. The van der Waals surface area contributed by atoms with E-state index in [4.69, 9.17) is 9.84 Å². The van der Waals surface area contributed by atoms with E-state index in [1.165, 1.54) is 5.56 Å². The number of hydrogen-bond donors (Lipinski definition) is 1. The summed E-state index contributed by atoms with van der Waals surface area (Å²) in [5.41, 5.74) is 4.34. The summed E-state index contributed by atoms with van der Waals surface area (Å²) in [6.07, 6.45) is 3.56. The first-order valence-electron chi connectivity index (χ1n) is 7.75. The Morgan fingerprint density at radius 2 is 2.04 bits per heavy atom. The molecule has 0 spiro atoms. The smallest absolute Gasteiger partial charge is 0.144 e. The van der Waals surface area contributed by atoms with Crippen LogP contribution in [0.1, 0.15) is 17.0 Å². The molecule has 2 aromatic heterocycles. The summed E-state index contributed by atoms with van der Waals surface area (Å²) in [6.45, 7) is 0.942. The van der Waals surface area contributed by atoms with E-state index in [9.17, 15) is 0 Å². The molecular weight excluding hydrogens is 288 g/mol. The van der Waals surface area contributed by atoms with Crippen molar-refractivity contribution in [3.05, 3.63) is 65.6 Å². The molecule has 0 saturated carbocycles. The summed E-state index contributed by atoms with van der Waals surface area (Å²) in [6, 6.07) is 13.9. The van der Waals surface area contributed by atoms with Gasteiger partial charge in [-0.25, -0.2) is 4.68 Å². The molecule has 1 aromatic carbocycles. The van der Waals surface area contributed by atoms with Gasteiger partial charge in [0.25, 0.3) is 0 Å². The summed E-state index contributed by atoms with van der Waals surface area (Å²) in [4.78, 5) is 4.42. The van der Waals surface area contributed by atoms with Gasteiger partial charge < -0.3 is 10.1 Å². The molecule has 116 valence electrons. The summed E-state index contributed by atoms with van der Waals surface area (Å²) in [7, 11) is 1.69. The Labute approximate surface area is 134 Å². The zero-order valence-electron chi connectivity index (χ0n) is 13.0. The molecule has 0 fully saturated rings. The molecule has 0 aliphatic carbocycles. The van der Waals surface area contributed by atoms with Gasteiger partial charge in [-0.3, -0.25) is 4.98 Å². The number of hydrogen-bond acceptors (Lipinski definition) is 4. The second-order valence-corrected chi connectivity index (χ2v) is 5.53. The van der Waals surface area contributed by atoms with Crippen molar-refractivity contribution < 1.29 is 4.74 Å². The van der Waals surface area contributed by atoms with E-state index in [-0.39, 0.29) is 0 Å². The SMILES string of the molecule is COc1ccccc1-n1nc(Cc2ccccn2)c2c1NCC2. The van der Waals surface area contributed by atoms with Crippen LogP contribution in [-0.2, 0) is 12.8 Å². The number of pyridine rings is 1. The van der Waals surface area contributed by atoms with E-state index in [1.54, 1.807) is 7.11 Å². The molecule has 0 amide bonds. The van der Waals surface area contributed by atoms with Crippen molar-refractivity contribution in [1.29, 1.82) is 0 Å². The Morgan fingerprint density at radius 1 is 1.17 bits per heavy atom. The van der Waals surface area contributed by atoms with Crippen LogP contribution in [0.15, 0.2) is 48.7 Å². The molecule has 3 heterocycles. The molecule has 0 unspecified atom stereocenters. The van der Waals surface area contributed by atoms with Gasteiger partial charge in [0.05, 0.1) is 12.8 Å². The van der Waals surface area contributed by atoms with Crippen molar-refractivity contribution >= 4 is 5.82 Å². The molecule has 1 aliphatic rings. The zero-order chi connectivity index (χ0) is 15.6. The highest BCUT2D eigenvalue weighted by Gasteiger charge is 2.24. The maximum atomic E-state index is 5.49. The van der Waals surface area contributed by atoms with Gasteiger partial charge in [-0.2, -0.15) is 5.10 Å². The van der Waals surface area contributed by atoms with Crippen LogP contribution in [0.2, 0.25) is 0 Å². The van der Waals surface area contributed by atoms with Crippen molar-refractivity contribution in [3.8, 4) is 11.4 Å². The average molecular weight is 306 g/mol. The number of aromatic nitrogens is 3. The first-order chi connectivity index (χ1) is 11.4. The standard InChI is InChI=1S/C18H18N4O/c1-23-17-8-3-2-7-16(17)22-18-14(9-11-20-18)15(21-22)12-13-6-4-5-10-19-13/h2-8,10,20H,9,11-12H2,1H3. The van der Waals surface area contributed by atoms with Crippen molar-refractivity contribution in [3.63, 3.8) is 0 Å². The lowest BCUT2D eigenvalue weighted by molar-refractivity contribution is 0.412. The molecule has 1 N–H and O–H groups in total. The van der Waals surface area contributed by atoms with Crippen LogP contribution < -0.4 is 10.1 Å². The van der Waals surface area contributed by atoms with E-state index in [1.807, 2.05) is 53.3 Å². The van der Waals surface area contributed by atoms with Gasteiger partial charge in [-0.15, -0.1) is 0 Å². The second-order valence-electron chi connectivity index (χ2n) is 5.53. The molecule has 0 atom stereocenters. The average Bonchev–Trinajstić information content (AvgIpc) is 3.20. The minimum atomic E-state index is 0.743.